The molecule has 1 aromatic rings. The molecule has 5 nitrogen and oxygen atoms in total. The summed E-state index contributed by atoms with van der Waals surface area (Å²) in [6.07, 6.45) is 2.11. The summed E-state index contributed by atoms with van der Waals surface area (Å²) >= 11 is 3.46. The lowest BCUT2D eigenvalue weighted by atomic mass is 9.94. The highest BCUT2D eigenvalue weighted by molar-refractivity contribution is 9.10. The quantitative estimate of drug-likeness (QED) is 0.850. The first-order valence-corrected chi connectivity index (χ1v) is 8.57. The van der Waals surface area contributed by atoms with Crippen LogP contribution >= 0.6 is 15.9 Å². The molecule has 1 heterocycles. The van der Waals surface area contributed by atoms with Crippen molar-refractivity contribution in [3.05, 3.63) is 34.3 Å². The van der Waals surface area contributed by atoms with Crippen molar-refractivity contribution in [3.8, 4) is 0 Å². The lowest BCUT2D eigenvalue weighted by Gasteiger charge is -2.28. The number of carboxylic acid groups (broad SMARTS) is 1. The molecule has 6 heteroatoms. The fraction of sp³-hybridized carbons (Fsp3) is 0.529. The van der Waals surface area contributed by atoms with E-state index in [4.69, 9.17) is 9.84 Å². The number of hydrogen-bond donors (Lipinski definition) is 1. The number of carbonyl (C=O) groups excluding carboxylic acids is 1. The molecule has 1 N–H and O–H groups in total. The first-order chi connectivity index (χ1) is 11.0. The third-order valence-electron chi connectivity index (χ3n) is 4.92. The van der Waals surface area contributed by atoms with Gasteiger partial charge in [0.05, 0.1) is 17.9 Å². The van der Waals surface area contributed by atoms with Gasteiger partial charge in [-0.2, -0.15) is 0 Å². The van der Waals surface area contributed by atoms with Gasteiger partial charge in [-0.1, -0.05) is 28.1 Å². The zero-order valence-corrected chi connectivity index (χ0v) is 14.6. The van der Waals surface area contributed by atoms with Gasteiger partial charge in [0.1, 0.15) is 0 Å². The highest BCUT2D eigenvalue weighted by atomic mass is 79.9. The van der Waals surface area contributed by atoms with Crippen molar-refractivity contribution < 1.29 is 19.4 Å². The normalized spacial score (nSPS) is 25.4. The van der Waals surface area contributed by atoms with Crippen LogP contribution in [0.2, 0.25) is 0 Å². The summed E-state index contributed by atoms with van der Waals surface area (Å²) in [5.74, 6) is -0.835. The number of rotatable bonds is 5. The number of ether oxygens (including phenoxy) is 1. The minimum absolute atomic E-state index is 0.0276. The predicted molar refractivity (Wildman–Crippen MR) is 88.2 cm³/mol. The minimum atomic E-state index is -0.878. The molecule has 1 aromatic carbocycles. The smallest absolute Gasteiger partial charge is 0.305 e. The maximum absolute atomic E-state index is 13.2. The van der Waals surface area contributed by atoms with Crippen molar-refractivity contribution in [1.82, 2.24) is 4.90 Å². The maximum Gasteiger partial charge on any atom is 0.305 e. The Hall–Kier alpha value is -1.40. The molecule has 0 aromatic heterocycles. The second kappa shape index (κ2) is 6.24. The van der Waals surface area contributed by atoms with Gasteiger partial charge in [-0.15, -0.1) is 0 Å². The first-order valence-electron chi connectivity index (χ1n) is 7.78. The summed E-state index contributed by atoms with van der Waals surface area (Å²) in [6, 6.07) is 7.55. The zero-order chi connectivity index (χ0) is 16.6. The maximum atomic E-state index is 13.2. The van der Waals surface area contributed by atoms with Crippen LogP contribution in [0, 0.1) is 0 Å². The van der Waals surface area contributed by atoms with Crippen LogP contribution < -0.4 is 0 Å². The van der Waals surface area contributed by atoms with Gasteiger partial charge in [0.25, 0.3) is 0 Å². The Labute approximate surface area is 143 Å². The van der Waals surface area contributed by atoms with Gasteiger partial charge < -0.3 is 14.7 Å². The lowest BCUT2D eigenvalue weighted by Crippen LogP contribution is -2.43. The highest BCUT2D eigenvalue weighted by Crippen LogP contribution is 2.51. The van der Waals surface area contributed by atoms with E-state index in [1.807, 2.05) is 24.3 Å². The Bertz CT molecular complexity index is 629. The summed E-state index contributed by atoms with van der Waals surface area (Å²) in [6.45, 7) is 0.475. The van der Waals surface area contributed by atoms with Crippen molar-refractivity contribution in [2.24, 2.45) is 0 Å². The van der Waals surface area contributed by atoms with Crippen LogP contribution in [0.4, 0.5) is 0 Å². The minimum Gasteiger partial charge on any atom is -0.481 e. The van der Waals surface area contributed by atoms with E-state index in [2.05, 4.69) is 15.9 Å². The van der Waals surface area contributed by atoms with Crippen LogP contribution in [0.3, 0.4) is 0 Å². The fourth-order valence-electron chi connectivity index (χ4n) is 3.50. The molecular formula is C17H20BrNO4. The van der Waals surface area contributed by atoms with E-state index in [-0.39, 0.29) is 24.5 Å². The molecule has 2 fully saturated rings. The van der Waals surface area contributed by atoms with E-state index in [0.29, 0.717) is 13.0 Å². The largest absolute Gasteiger partial charge is 0.481 e. The van der Waals surface area contributed by atoms with Gasteiger partial charge in [0, 0.05) is 24.2 Å². The number of hydrogen-bond acceptors (Lipinski definition) is 3. The Kier molecular flexibility index (Phi) is 4.47. The molecule has 1 saturated carbocycles. The molecule has 2 aliphatic rings. The fourth-order valence-corrected chi connectivity index (χ4v) is 3.90. The van der Waals surface area contributed by atoms with E-state index in [1.165, 1.54) is 0 Å². The molecule has 2 atom stereocenters. The van der Waals surface area contributed by atoms with Crippen LogP contribution in [0.5, 0.6) is 0 Å². The number of methoxy groups -OCH3 is 1. The summed E-state index contributed by atoms with van der Waals surface area (Å²) in [5, 5.41) is 9.12. The summed E-state index contributed by atoms with van der Waals surface area (Å²) in [4.78, 5) is 26.0. The van der Waals surface area contributed by atoms with E-state index in [0.717, 1.165) is 22.9 Å². The van der Waals surface area contributed by atoms with Crippen LogP contribution in [0.25, 0.3) is 0 Å². The van der Waals surface area contributed by atoms with E-state index >= 15 is 0 Å². The number of aliphatic carboxylic acids is 1. The predicted octanol–water partition coefficient (Wildman–Crippen LogP) is 2.57. The lowest BCUT2D eigenvalue weighted by molar-refractivity contribution is -0.140. The molecule has 0 radical (unpaired) electrons. The van der Waals surface area contributed by atoms with E-state index in [1.54, 1.807) is 12.0 Å². The summed E-state index contributed by atoms with van der Waals surface area (Å²) in [5.41, 5.74) is 0.523. The average Bonchev–Trinajstić information content (AvgIpc) is 3.23. The molecule has 1 aliphatic heterocycles. The molecule has 124 valence electrons. The van der Waals surface area contributed by atoms with Gasteiger partial charge in [-0.05, 0) is 37.0 Å². The number of carbonyl (C=O) groups is 2. The Morgan fingerprint density at radius 2 is 2.17 bits per heavy atom. The highest BCUT2D eigenvalue weighted by Gasteiger charge is 2.55. The molecule has 23 heavy (non-hydrogen) atoms. The molecule has 0 bridgehead atoms. The Balaban J connectivity index is 1.84. The molecule has 1 amide bonds. The summed E-state index contributed by atoms with van der Waals surface area (Å²) < 4.78 is 6.32. The Morgan fingerprint density at radius 1 is 1.43 bits per heavy atom. The van der Waals surface area contributed by atoms with Crippen molar-refractivity contribution in [1.29, 1.82) is 0 Å². The van der Waals surface area contributed by atoms with Crippen molar-refractivity contribution in [2.75, 3.05) is 13.7 Å². The monoisotopic (exact) mass is 381 g/mol. The van der Waals surface area contributed by atoms with Gasteiger partial charge in [-0.25, -0.2) is 0 Å². The zero-order valence-electron chi connectivity index (χ0n) is 13.0. The number of amides is 1. The average molecular weight is 382 g/mol. The Morgan fingerprint density at radius 3 is 2.74 bits per heavy atom. The topological polar surface area (TPSA) is 66.8 Å². The van der Waals surface area contributed by atoms with Crippen LogP contribution in [0.1, 0.15) is 31.2 Å². The van der Waals surface area contributed by atoms with Crippen molar-refractivity contribution in [2.45, 2.75) is 43.2 Å². The van der Waals surface area contributed by atoms with E-state index < -0.39 is 11.4 Å². The van der Waals surface area contributed by atoms with Crippen molar-refractivity contribution >= 4 is 27.8 Å². The van der Waals surface area contributed by atoms with Crippen LogP contribution in [-0.2, 0) is 19.7 Å². The van der Waals surface area contributed by atoms with Crippen LogP contribution in [-0.4, -0.2) is 47.7 Å². The third-order valence-corrected chi connectivity index (χ3v) is 5.41. The van der Waals surface area contributed by atoms with Gasteiger partial charge in [0.2, 0.25) is 5.91 Å². The molecule has 1 aliphatic carbocycles. The van der Waals surface area contributed by atoms with Gasteiger partial charge in [-0.3, -0.25) is 9.59 Å². The van der Waals surface area contributed by atoms with Gasteiger partial charge >= 0.3 is 5.97 Å². The number of benzene rings is 1. The number of nitrogens with zero attached hydrogens (tertiary/aromatic N) is 1. The second-order valence-corrected chi connectivity index (χ2v) is 7.31. The number of carboxylic acids is 1. The van der Waals surface area contributed by atoms with Crippen molar-refractivity contribution in [3.63, 3.8) is 0 Å². The second-order valence-electron chi connectivity index (χ2n) is 6.40. The molecule has 1 saturated heterocycles. The number of halogens is 1. The van der Waals surface area contributed by atoms with Gasteiger partial charge in [0.15, 0.2) is 0 Å². The molecule has 3 rings (SSSR count). The SMILES string of the molecule is COC1CC(CC(=O)O)N(C(=O)C2(c3cccc(Br)c3)CC2)C1. The number of likely N-dealkylation sites (tertiary alicyclic amines) is 1. The summed E-state index contributed by atoms with van der Waals surface area (Å²) in [7, 11) is 1.61. The van der Waals surface area contributed by atoms with E-state index in [9.17, 15) is 9.59 Å². The standard InChI is InChI=1S/C17H20BrNO4/c1-23-14-8-13(9-15(20)21)19(10-14)16(22)17(5-6-17)11-3-2-4-12(18)7-11/h2-4,7,13-14H,5-6,8-10H2,1H3,(H,20,21). The third kappa shape index (κ3) is 3.15. The van der Waals surface area contributed by atoms with Crippen LogP contribution in [0.15, 0.2) is 28.7 Å². The molecule has 0 spiro atoms. The first kappa shape index (κ1) is 16.5. The molecular weight excluding hydrogens is 362 g/mol. The molecule has 2 unspecified atom stereocenters.